The summed E-state index contributed by atoms with van der Waals surface area (Å²) in [6, 6.07) is 25.6. The number of halogens is 1. The van der Waals surface area contributed by atoms with E-state index in [-0.39, 0.29) is 22.7 Å². The van der Waals surface area contributed by atoms with Crippen molar-refractivity contribution < 1.29 is 9.50 Å². The molecule has 132 valence electrons. The smallest absolute Gasteiger partial charge is 0.267 e. The van der Waals surface area contributed by atoms with Crippen LogP contribution < -0.4 is 5.56 Å². The second kappa shape index (κ2) is 6.92. The van der Waals surface area contributed by atoms with Gasteiger partial charge in [-0.2, -0.15) is 0 Å². The van der Waals surface area contributed by atoms with Gasteiger partial charge in [0, 0.05) is 11.8 Å². The Morgan fingerprint density at radius 3 is 1.96 bits per heavy atom. The molecule has 1 aromatic heterocycles. The molecule has 0 unspecified atom stereocenters. The van der Waals surface area contributed by atoms with Crippen molar-refractivity contribution >= 4 is 0 Å². The third kappa shape index (κ3) is 3.13. The van der Waals surface area contributed by atoms with E-state index in [0.717, 1.165) is 0 Å². The van der Waals surface area contributed by atoms with Crippen LogP contribution in [-0.2, 0) is 0 Å². The van der Waals surface area contributed by atoms with Crippen LogP contribution in [0.1, 0.15) is 0 Å². The monoisotopic (exact) mass is 357 g/mol. The minimum Gasteiger partial charge on any atom is -0.507 e. The number of hydrogen-bond acceptors (Lipinski definition) is 2. The van der Waals surface area contributed by atoms with Gasteiger partial charge in [-0.25, -0.2) is 4.39 Å². The predicted molar refractivity (Wildman–Crippen MR) is 105 cm³/mol. The average molecular weight is 357 g/mol. The summed E-state index contributed by atoms with van der Waals surface area (Å²) >= 11 is 0. The minimum atomic E-state index is -0.363. The molecule has 0 aliphatic rings. The van der Waals surface area contributed by atoms with E-state index in [2.05, 4.69) is 0 Å². The van der Waals surface area contributed by atoms with Crippen LogP contribution in [-0.4, -0.2) is 9.67 Å². The Morgan fingerprint density at radius 1 is 0.741 bits per heavy atom. The lowest BCUT2D eigenvalue weighted by Gasteiger charge is -2.16. The highest BCUT2D eigenvalue weighted by atomic mass is 19.1. The molecule has 0 saturated heterocycles. The fourth-order valence-electron chi connectivity index (χ4n) is 3.14. The third-order valence-corrected chi connectivity index (χ3v) is 4.40. The Morgan fingerprint density at radius 2 is 1.33 bits per heavy atom. The summed E-state index contributed by atoms with van der Waals surface area (Å²) in [4.78, 5) is 13.4. The molecule has 0 atom stereocenters. The van der Waals surface area contributed by atoms with Crippen LogP contribution in [0.2, 0.25) is 0 Å². The van der Waals surface area contributed by atoms with Gasteiger partial charge in [-0.1, -0.05) is 48.5 Å². The van der Waals surface area contributed by atoms with Gasteiger partial charge < -0.3 is 5.11 Å². The Hall–Kier alpha value is -3.66. The zero-order chi connectivity index (χ0) is 18.8. The molecule has 0 fully saturated rings. The van der Waals surface area contributed by atoms with Crippen LogP contribution in [0.4, 0.5) is 4.39 Å². The molecule has 4 aromatic rings. The van der Waals surface area contributed by atoms with Crippen LogP contribution in [0.5, 0.6) is 5.75 Å². The van der Waals surface area contributed by atoms with Crippen LogP contribution in [0.25, 0.3) is 28.1 Å². The van der Waals surface area contributed by atoms with Gasteiger partial charge in [0.1, 0.15) is 11.6 Å². The molecule has 1 heterocycles. The van der Waals surface area contributed by atoms with Gasteiger partial charge in [0.05, 0.1) is 11.3 Å². The van der Waals surface area contributed by atoms with E-state index in [1.54, 1.807) is 30.3 Å². The molecule has 0 radical (unpaired) electrons. The summed E-state index contributed by atoms with van der Waals surface area (Å²) < 4.78 is 14.9. The second-order valence-corrected chi connectivity index (χ2v) is 6.14. The zero-order valence-corrected chi connectivity index (χ0v) is 14.3. The van der Waals surface area contributed by atoms with E-state index in [4.69, 9.17) is 0 Å². The van der Waals surface area contributed by atoms with Gasteiger partial charge in [0.25, 0.3) is 5.56 Å². The standard InChI is InChI=1S/C23H16FNO2/c24-18-13-11-16(12-14-18)20-15-21(26)22(17-7-3-1-4-8-17)23(27)25(20)19-9-5-2-6-10-19/h1-15,26H. The van der Waals surface area contributed by atoms with Crippen molar-refractivity contribution in [2.45, 2.75) is 0 Å². The summed E-state index contributed by atoms with van der Waals surface area (Å²) in [5, 5.41) is 10.6. The number of benzene rings is 3. The molecule has 0 saturated carbocycles. The lowest BCUT2D eigenvalue weighted by atomic mass is 10.0. The third-order valence-electron chi connectivity index (χ3n) is 4.40. The molecule has 3 nitrogen and oxygen atoms in total. The van der Waals surface area contributed by atoms with Crippen molar-refractivity contribution in [3.63, 3.8) is 0 Å². The van der Waals surface area contributed by atoms with E-state index in [1.807, 2.05) is 48.5 Å². The van der Waals surface area contributed by atoms with Crippen LogP contribution in [0, 0.1) is 5.82 Å². The molecule has 0 bridgehead atoms. The van der Waals surface area contributed by atoms with E-state index < -0.39 is 0 Å². The summed E-state index contributed by atoms with van der Waals surface area (Å²) in [5.41, 5.74) is 2.31. The Balaban J connectivity index is 2.06. The fourth-order valence-corrected chi connectivity index (χ4v) is 3.14. The fraction of sp³-hybridized carbons (Fsp3) is 0. The van der Waals surface area contributed by atoms with Crippen molar-refractivity contribution in [3.05, 3.63) is 107 Å². The molecule has 1 N–H and O–H groups in total. The van der Waals surface area contributed by atoms with Crippen LogP contribution in [0.3, 0.4) is 0 Å². The minimum absolute atomic E-state index is 0.113. The van der Waals surface area contributed by atoms with Gasteiger partial charge >= 0.3 is 0 Å². The molecule has 4 heteroatoms. The molecule has 0 amide bonds. The topological polar surface area (TPSA) is 42.2 Å². The van der Waals surface area contributed by atoms with Gasteiger partial charge in [0.2, 0.25) is 0 Å². The molecule has 4 rings (SSSR count). The Labute approximate surface area is 155 Å². The predicted octanol–water partition coefficient (Wildman–Crippen LogP) is 5.02. The lowest BCUT2D eigenvalue weighted by Crippen LogP contribution is -2.22. The molecule has 0 aliphatic carbocycles. The summed E-state index contributed by atoms with van der Waals surface area (Å²) in [7, 11) is 0. The van der Waals surface area contributed by atoms with Crippen molar-refractivity contribution in [3.8, 4) is 33.8 Å². The number of aromatic hydroxyl groups is 1. The number of hydrogen-bond donors (Lipinski definition) is 1. The van der Waals surface area contributed by atoms with Gasteiger partial charge in [-0.3, -0.25) is 9.36 Å². The highest BCUT2D eigenvalue weighted by molar-refractivity contribution is 5.75. The second-order valence-electron chi connectivity index (χ2n) is 6.14. The number of nitrogens with zero attached hydrogens (tertiary/aromatic N) is 1. The maximum atomic E-state index is 13.4. The highest BCUT2D eigenvalue weighted by Crippen LogP contribution is 2.31. The normalized spacial score (nSPS) is 10.7. The number of pyridine rings is 1. The first-order valence-electron chi connectivity index (χ1n) is 8.51. The SMILES string of the molecule is O=c1c(-c2ccccc2)c(O)cc(-c2ccc(F)cc2)n1-c1ccccc1. The summed E-state index contributed by atoms with van der Waals surface area (Å²) in [6.45, 7) is 0. The summed E-state index contributed by atoms with van der Waals surface area (Å²) in [6.07, 6.45) is 0. The molecular formula is C23H16FNO2. The summed E-state index contributed by atoms with van der Waals surface area (Å²) in [5.74, 6) is -0.477. The van der Waals surface area contributed by atoms with Gasteiger partial charge in [0.15, 0.2) is 0 Å². The van der Waals surface area contributed by atoms with Crippen molar-refractivity contribution in [2.75, 3.05) is 0 Å². The van der Waals surface area contributed by atoms with E-state index in [1.165, 1.54) is 16.7 Å². The van der Waals surface area contributed by atoms with E-state index in [0.29, 0.717) is 22.5 Å². The lowest BCUT2D eigenvalue weighted by molar-refractivity contribution is 0.475. The number of para-hydroxylation sites is 1. The van der Waals surface area contributed by atoms with Crippen LogP contribution >= 0.6 is 0 Å². The van der Waals surface area contributed by atoms with Crippen LogP contribution in [0.15, 0.2) is 95.8 Å². The molecule has 27 heavy (non-hydrogen) atoms. The largest absolute Gasteiger partial charge is 0.507 e. The average Bonchev–Trinajstić information content (AvgIpc) is 2.70. The highest BCUT2D eigenvalue weighted by Gasteiger charge is 2.18. The van der Waals surface area contributed by atoms with Crippen molar-refractivity contribution in [1.29, 1.82) is 0 Å². The van der Waals surface area contributed by atoms with Gasteiger partial charge in [-0.05, 0) is 47.5 Å². The number of rotatable bonds is 3. The molecule has 0 spiro atoms. The first kappa shape index (κ1) is 16.8. The zero-order valence-electron chi connectivity index (χ0n) is 14.3. The Bertz CT molecular complexity index is 1130. The van der Waals surface area contributed by atoms with Crippen molar-refractivity contribution in [2.24, 2.45) is 0 Å². The van der Waals surface area contributed by atoms with E-state index in [9.17, 15) is 14.3 Å². The first-order chi connectivity index (χ1) is 13.1. The molecule has 3 aromatic carbocycles. The first-order valence-corrected chi connectivity index (χ1v) is 8.51. The quantitative estimate of drug-likeness (QED) is 0.560. The Kier molecular flexibility index (Phi) is 4.30. The molecular weight excluding hydrogens is 341 g/mol. The maximum Gasteiger partial charge on any atom is 0.267 e. The maximum absolute atomic E-state index is 13.4. The molecule has 0 aliphatic heterocycles. The van der Waals surface area contributed by atoms with Crippen molar-refractivity contribution in [1.82, 2.24) is 4.57 Å². The number of aromatic nitrogens is 1. The van der Waals surface area contributed by atoms with E-state index >= 15 is 0 Å². The van der Waals surface area contributed by atoms with Gasteiger partial charge in [-0.15, -0.1) is 0 Å².